The van der Waals surface area contributed by atoms with Crippen LogP contribution in [0.1, 0.15) is 5.56 Å². The van der Waals surface area contributed by atoms with Crippen LogP contribution in [0, 0.1) is 11.3 Å². The zero-order valence-corrected chi connectivity index (χ0v) is 8.37. The molecule has 0 saturated carbocycles. The second-order valence-electron chi connectivity index (χ2n) is 1.96. The van der Waals surface area contributed by atoms with E-state index >= 15 is 0 Å². The molecular formula is C8H6BrNS. The highest BCUT2D eigenvalue weighted by molar-refractivity contribution is 9.10. The summed E-state index contributed by atoms with van der Waals surface area (Å²) in [5, 5.41) is 8.55. The van der Waals surface area contributed by atoms with Gasteiger partial charge in [-0.3, -0.25) is 0 Å². The second-order valence-corrected chi connectivity index (χ2v) is 3.66. The van der Waals surface area contributed by atoms with Crippen molar-refractivity contribution in [1.82, 2.24) is 0 Å². The van der Waals surface area contributed by atoms with Crippen LogP contribution in [-0.4, -0.2) is 6.26 Å². The zero-order valence-electron chi connectivity index (χ0n) is 5.97. The first kappa shape index (κ1) is 8.63. The minimum absolute atomic E-state index is 0.690. The van der Waals surface area contributed by atoms with Gasteiger partial charge in [-0.15, -0.1) is 11.8 Å². The maximum atomic E-state index is 8.55. The van der Waals surface area contributed by atoms with Crippen LogP contribution in [0.15, 0.2) is 27.6 Å². The predicted molar refractivity (Wildman–Crippen MR) is 50.6 cm³/mol. The summed E-state index contributed by atoms with van der Waals surface area (Å²) in [7, 11) is 0. The molecule has 0 radical (unpaired) electrons. The van der Waals surface area contributed by atoms with E-state index in [2.05, 4.69) is 22.0 Å². The molecule has 0 bridgehead atoms. The van der Waals surface area contributed by atoms with Crippen LogP contribution in [-0.2, 0) is 0 Å². The number of hydrogen-bond donors (Lipinski definition) is 0. The number of rotatable bonds is 1. The van der Waals surface area contributed by atoms with E-state index in [0.717, 1.165) is 9.37 Å². The molecule has 1 aromatic rings. The Bertz CT molecular complexity index is 303. The van der Waals surface area contributed by atoms with Gasteiger partial charge in [0.1, 0.15) is 0 Å². The summed E-state index contributed by atoms with van der Waals surface area (Å²) < 4.78 is 0.990. The first-order chi connectivity index (χ1) is 5.27. The van der Waals surface area contributed by atoms with E-state index in [9.17, 15) is 0 Å². The molecule has 0 N–H and O–H groups in total. The minimum atomic E-state index is 0.690. The fraction of sp³-hybridized carbons (Fsp3) is 0.125. The van der Waals surface area contributed by atoms with E-state index in [0.29, 0.717) is 5.56 Å². The molecule has 0 unspecified atom stereocenters. The maximum Gasteiger partial charge on any atom is 0.0992 e. The molecule has 0 spiro atoms. The molecule has 0 atom stereocenters. The molecule has 1 aromatic carbocycles. The van der Waals surface area contributed by atoms with Crippen molar-refractivity contribution in [3.8, 4) is 6.07 Å². The minimum Gasteiger partial charge on any atom is -0.192 e. The Kier molecular flexibility index (Phi) is 2.98. The number of nitriles is 1. The molecule has 0 aliphatic heterocycles. The van der Waals surface area contributed by atoms with Gasteiger partial charge in [0.05, 0.1) is 11.6 Å². The number of benzene rings is 1. The van der Waals surface area contributed by atoms with Crippen molar-refractivity contribution < 1.29 is 0 Å². The summed E-state index contributed by atoms with van der Waals surface area (Å²) in [4.78, 5) is 1.16. The Morgan fingerprint density at radius 2 is 2.27 bits per heavy atom. The lowest BCUT2D eigenvalue weighted by Crippen LogP contribution is -1.76. The van der Waals surface area contributed by atoms with E-state index in [1.165, 1.54) is 0 Å². The summed E-state index contributed by atoms with van der Waals surface area (Å²) in [6, 6.07) is 7.66. The lowest BCUT2D eigenvalue weighted by Gasteiger charge is -1.98. The molecule has 0 fully saturated rings. The summed E-state index contributed by atoms with van der Waals surface area (Å²) in [6.07, 6.45) is 2.01. The number of thioether (sulfide) groups is 1. The highest BCUT2D eigenvalue weighted by Crippen LogP contribution is 2.25. The van der Waals surface area contributed by atoms with Crippen LogP contribution in [0.5, 0.6) is 0 Å². The molecule has 0 aliphatic carbocycles. The molecule has 3 heteroatoms. The van der Waals surface area contributed by atoms with Crippen molar-refractivity contribution in [2.75, 3.05) is 6.26 Å². The largest absolute Gasteiger partial charge is 0.192 e. The molecule has 0 aliphatic rings. The average Bonchev–Trinajstić information content (AvgIpc) is 2.04. The first-order valence-electron chi connectivity index (χ1n) is 3.01. The summed E-state index contributed by atoms with van der Waals surface area (Å²) in [5.41, 5.74) is 0.690. The van der Waals surface area contributed by atoms with Gasteiger partial charge in [-0.25, -0.2) is 0 Å². The van der Waals surface area contributed by atoms with Crippen molar-refractivity contribution in [2.24, 2.45) is 0 Å². The van der Waals surface area contributed by atoms with Gasteiger partial charge in [-0.1, -0.05) is 0 Å². The van der Waals surface area contributed by atoms with Crippen LogP contribution in [0.2, 0.25) is 0 Å². The van der Waals surface area contributed by atoms with Crippen LogP contribution >= 0.6 is 27.7 Å². The molecule has 1 nitrogen and oxygen atoms in total. The monoisotopic (exact) mass is 227 g/mol. The lowest BCUT2D eigenvalue weighted by atomic mass is 10.2. The third-order valence-corrected chi connectivity index (χ3v) is 3.00. The average molecular weight is 228 g/mol. The Hall–Kier alpha value is -0.460. The summed E-state index contributed by atoms with van der Waals surface area (Å²) in [6.45, 7) is 0. The SMILES string of the molecule is CSc1ccc(C#N)cc1Br. The summed E-state index contributed by atoms with van der Waals surface area (Å²) in [5.74, 6) is 0. The van der Waals surface area contributed by atoms with Gasteiger partial charge in [0.15, 0.2) is 0 Å². The van der Waals surface area contributed by atoms with E-state index in [4.69, 9.17) is 5.26 Å². The van der Waals surface area contributed by atoms with E-state index < -0.39 is 0 Å². The maximum absolute atomic E-state index is 8.55. The Labute approximate surface area is 78.5 Å². The number of nitrogens with zero attached hydrogens (tertiary/aromatic N) is 1. The summed E-state index contributed by atoms with van der Waals surface area (Å²) >= 11 is 5.03. The topological polar surface area (TPSA) is 23.8 Å². The third-order valence-electron chi connectivity index (χ3n) is 1.28. The third kappa shape index (κ3) is 1.98. The Balaban J connectivity index is 3.12. The van der Waals surface area contributed by atoms with Gasteiger partial charge in [0.25, 0.3) is 0 Å². The van der Waals surface area contributed by atoms with E-state index in [1.807, 2.05) is 24.5 Å². The normalized spacial score (nSPS) is 9.18. The van der Waals surface area contributed by atoms with Crippen molar-refractivity contribution >= 4 is 27.7 Å². The van der Waals surface area contributed by atoms with Crippen molar-refractivity contribution in [3.63, 3.8) is 0 Å². The van der Waals surface area contributed by atoms with Crippen LogP contribution < -0.4 is 0 Å². The molecule has 0 amide bonds. The Morgan fingerprint density at radius 1 is 1.55 bits per heavy atom. The lowest BCUT2D eigenvalue weighted by molar-refractivity contribution is 1.38. The highest BCUT2D eigenvalue weighted by Gasteiger charge is 1.98. The molecule has 0 heterocycles. The van der Waals surface area contributed by atoms with Gasteiger partial charge in [-0.05, 0) is 40.4 Å². The standard InChI is InChI=1S/C8H6BrNS/c1-11-8-3-2-6(5-10)4-7(8)9/h2-4H,1H3. The fourth-order valence-electron chi connectivity index (χ4n) is 0.736. The van der Waals surface area contributed by atoms with Crippen molar-refractivity contribution in [3.05, 3.63) is 28.2 Å². The van der Waals surface area contributed by atoms with Crippen LogP contribution in [0.25, 0.3) is 0 Å². The quantitative estimate of drug-likeness (QED) is 0.689. The highest BCUT2D eigenvalue weighted by atomic mass is 79.9. The molecular weight excluding hydrogens is 222 g/mol. The number of halogens is 1. The molecule has 0 saturated heterocycles. The van der Waals surface area contributed by atoms with Crippen LogP contribution in [0.4, 0.5) is 0 Å². The second kappa shape index (κ2) is 3.80. The van der Waals surface area contributed by atoms with Gasteiger partial charge in [-0.2, -0.15) is 5.26 Å². The fourth-order valence-corrected chi connectivity index (χ4v) is 2.06. The molecule has 11 heavy (non-hydrogen) atoms. The van der Waals surface area contributed by atoms with E-state index in [1.54, 1.807) is 11.8 Å². The van der Waals surface area contributed by atoms with E-state index in [-0.39, 0.29) is 0 Å². The Morgan fingerprint density at radius 3 is 2.73 bits per heavy atom. The van der Waals surface area contributed by atoms with Crippen molar-refractivity contribution in [2.45, 2.75) is 4.90 Å². The van der Waals surface area contributed by atoms with Crippen molar-refractivity contribution in [1.29, 1.82) is 5.26 Å². The smallest absolute Gasteiger partial charge is 0.0992 e. The number of hydrogen-bond acceptors (Lipinski definition) is 2. The van der Waals surface area contributed by atoms with Gasteiger partial charge >= 0.3 is 0 Å². The molecule has 1 rings (SSSR count). The predicted octanol–water partition coefficient (Wildman–Crippen LogP) is 3.04. The zero-order chi connectivity index (χ0) is 8.27. The first-order valence-corrected chi connectivity index (χ1v) is 5.03. The van der Waals surface area contributed by atoms with Gasteiger partial charge < -0.3 is 0 Å². The molecule has 56 valence electrons. The van der Waals surface area contributed by atoms with Crippen LogP contribution in [0.3, 0.4) is 0 Å². The van der Waals surface area contributed by atoms with Gasteiger partial charge in [0, 0.05) is 9.37 Å². The molecule has 0 aromatic heterocycles. The van der Waals surface area contributed by atoms with Gasteiger partial charge in [0.2, 0.25) is 0 Å².